The fraction of sp³-hybridized carbons (Fsp3) is 0.0714. The Kier molecular flexibility index (Phi) is 4.62. The van der Waals surface area contributed by atoms with Gasteiger partial charge in [0, 0.05) is 4.88 Å². The van der Waals surface area contributed by atoms with Crippen molar-refractivity contribution in [2.24, 2.45) is 5.10 Å². The van der Waals surface area contributed by atoms with Crippen molar-refractivity contribution in [3.8, 4) is 0 Å². The molecule has 0 spiro atoms. The molecule has 1 aromatic heterocycles. The summed E-state index contributed by atoms with van der Waals surface area (Å²) < 4.78 is 0. The van der Waals surface area contributed by atoms with Gasteiger partial charge >= 0.3 is 0 Å². The SMILES string of the molecule is O=C(Cc1cccs1)N/N=C\c1ccc(C(=O)[O-])cc1. The van der Waals surface area contributed by atoms with Crippen LogP contribution in [0.25, 0.3) is 0 Å². The summed E-state index contributed by atoms with van der Waals surface area (Å²) in [5.74, 6) is -1.42. The highest BCUT2D eigenvalue weighted by molar-refractivity contribution is 7.10. The average Bonchev–Trinajstić information content (AvgIpc) is 2.92. The number of hydrogen-bond donors (Lipinski definition) is 1. The van der Waals surface area contributed by atoms with Crippen molar-refractivity contribution in [3.63, 3.8) is 0 Å². The van der Waals surface area contributed by atoms with Crippen LogP contribution in [0.5, 0.6) is 0 Å². The van der Waals surface area contributed by atoms with E-state index in [0.717, 1.165) is 4.88 Å². The number of hydrogen-bond acceptors (Lipinski definition) is 5. The quantitative estimate of drug-likeness (QED) is 0.652. The van der Waals surface area contributed by atoms with E-state index < -0.39 is 5.97 Å². The number of benzene rings is 1. The van der Waals surface area contributed by atoms with Crippen LogP contribution in [-0.2, 0) is 11.2 Å². The van der Waals surface area contributed by atoms with Crippen molar-refractivity contribution >= 4 is 29.4 Å². The standard InChI is InChI=1S/C14H12N2O3S/c17-13(8-12-2-1-7-20-12)16-15-9-10-3-5-11(6-4-10)14(18)19/h1-7,9H,8H2,(H,16,17)(H,18,19)/p-1/b15-9-. The average molecular weight is 287 g/mol. The lowest BCUT2D eigenvalue weighted by Gasteiger charge is -2.01. The maximum Gasteiger partial charge on any atom is 0.245 e. The summed E-state index contributed by atoms with van der Waals surface area (Å²) in [4.78, 5) is 23.1. The first-order valence-electron chi connectivity index (χ1n) is 5.81. The topological polar surface area (TPSA) is 81.6 Å². The van der Waals surface area contributed by atoms with Crippen LogP contribution in [0.3, 0.4) is 0 Å². The number of carboxylic acid groups (broad SMARTS) is 1. The van der Waals surface area contributed by atoms with Crippen molar-refractivity contribution in [3.05, 3.63) is 57.8 Å². The first-order valence-corrected chi connectivity index (χ1v) is 6.69. The van der Waals surface area contributed by atoms with E-state index in [2.05, 4.69) is 10.5 Å². The van der Waals surface area contributed by atoms with Gasteiger partial charge in [-0.2, -0.15) is 5.10 Å². The number of rotatable bonds is 5. The maximum absolute atomic E-state index is 11.5. The zero-order valence-electron chi connectivity index (χ0n) is 10.4. The molecule has 20 heavy (non-hydrogen) atoms. The van der Waals surface area contributed by atoms with Crippen molar-refractivity contribution in [1.29, 1.82) is 0 Å². The van der Waals surface area contributed by atoms with Crippen LogP contribution in [0.15, 0.2) is 46.9 Å². The number of nitrogens with zero attached hydrogens (tertiary/aromatic N) is 1. The third-order valence-corrected chi connectivity index (χ3v) is 3.34. The molecule has 0 aliphatic heterocycles. The highest BCUT2D eigenvalue weighted by atomic mass is 32.1. The molecule has 0 radical (unpaired) electrons. The number of carbonyl (C=O) groups is 2. The number of carboxylic acids is 1. The lowest BCUT2D eigenvalue weighted by molar-refractivity contribution is -0.255. The minimum absolute atomic E-state index is 0.101. The van der Waals surface area contributed by atoms with Gasteiger partial charge in [0.1, 0.15) is 0 Å². The number of amides is 1. The van der Waals surface area contributed by atoms with Crippen molar-refractivity contribution < 1.29 is 14.7 Å². The molecule has 1 aromatic carbocycles. The molecule has 5 nitrogen and oxygen atoms in total. The van der Waals surface area contributed by atoms with Gasteiger partial charge in [-0.05, 0) is 22.6 Å². The van der Waals surface area contributed by atoms with Gasteiger partial charge in [0.25, 0.3) is 0 Å². The Morgan fingerprint density at radius 3 is 2.60 bits per heavy atom. The number of carbonyl (C=O) groups excluding carboxylic acids is 2. The predicted octanol–water partition coefficient (Wildman–Crippen LogP) is 0.804. The number of thiophene rings is 1. The maximum atomic E-state index is 11.5. The molecule has 1 heterocycles. The molecule has 1 N–H and O–H groups in total. The Morgan fingerprint density at radius 2 is 2.00 bits per heavy atom. The van der Waals surface area contributed by atoms with Gasteiger partial charge in [-0.3, -0.25) is 4.79 Å². The van der Waals surface area contributed by atoms with Gasteiger partial charge in [-0.15, -0.1) is 11.3 Å². The fourth-order valence-corrected chi connectivity index (χ4v) is 2.20. The normalized spacial score (nSPS) is 10.6. The number of hydrazone groups is 1. The molecule has 0 fully saturated rings. The third kappa shape index (κ3) is 4.03. The molecule has 0 unspecified atom stereocenters. The lowest BCUT2D eigenvalue weighted by atomic mass is 10.1. The van der Waals surface area contributed by atoms with Crippen LogP contribution in [0.1, 0.15) is 20.8 Å². The number of nitrogens with one attached hydrogen (secondary N) is 1. The van der Waals surface area contributed by atoms with Crippen molar-refractivity contribution in [2.75, 3.05) is 0 Å². The molecule has 0 saturated carbocycles. The highest BCUT2D eigenvalue weighted by Crippen LogP contribution is 2.08. The van der Waals surface area contributed by atoms with Gasteiger partial charge in [0.05, 0.1) is 18.6 Å². The Labute approximate surface area is 119 Å². The van der Waals surface area contributed by atoms with E-state index in [1.54, 1.807) is 12.1 Å². The largest absolute Gasteiger partial charge is 0.545 e. The van der Waals surface area contributed by atoms with Crippen LogP contribution >= 0.6 is 11.3 Å². The van der Waals surface area contributed by atoms with Crippen LogP contribution in [0, 0.1) is 0 Å². The zero-order valence-corrected chi connectivity index (χ0v) is 11.2. The van der Waals surface area contributed by atoms with Crippen LogP contribution in [0.4, 0.5) is 0 Å². The highest BCUT2D eigenvalue weighted by Gasteiger charge is 2.02. The minimum atomic E-state index is -1.22. The summed E-state index contributed by atoms with van der Waals surface area (Å²) in [6.07, 6.45) is 1.74. The zero-order chi connectivity index (χ0) is 14.4. The Morgan fingerprint density at radius 1 is 1.25 bits per heavy atom. The van der Waals surface area contributed by atoms with Crippen molar-refractivity contribution in [2.45, 2.75) is 6.42 Å². The molecule has 2 aromatic rings. The van der Waals surface area contributed by atoms with Crippen LogP contribution in [0.2, 0.25) is 0 Å². The molecule has 102 valence electrons. The molecular formula is C14H11N2O3S-. The summed E-state index contributed by atoms with van der Waals surface area (Å²) in [5.41, 5.74) is 3.20. The molecule has 1 amide bonds. The first-order chi connectivity index (χ1) is 9.65. The number of aromatic carboxylic acids is 1. The smallest absolute Gasteiger partial charge is 0.245 e. The molecule has 2 rings (SSSR count). The van der Waals surface area contributed by atoms with E-state index in [4.69, 9.17) is 0 Å². The Hall–Kier alpha value is -2.47. The van der Waals surface area contributed by atoms with E-state index in [1.807, 2.05) is 17.5 Å². The second kappa shape index (κ2) is 6.63. The Bertz CT molecular complexity index is 618. The molecule has 0 aliphatic carbocycles. The molecule has 0 bridgehead atoms. The van der Waals surface area contributed by atoms with E-state index >= 15 is 0 Å². The molecule has 0 saturated heterocycles. The van der Waals surface area contributed by atoms with Crippen LogP contribution < -0.4 is 10.5 Å². The van der Waals surface area contributed by atoms with Crippen LogP contribution in [-0.4, -0.2) is 18.1 Å². The summed E-state index contributed by atoms with van der Waals surface area (Å²) in [6, 6.07) is 9.77. The summed E-state index contributed by atoms with van der Waals surface area (Å²) >= 11 is 1.51. The third-order valence-electron chi connectivity index (χ3n) is 2.46. The summed E-state index contributed by atoms with van der Waals surface area (Å²) in [7, 11) is 0. The molecular weight excluding hydrogens is 276 g/mol. The molecule has 6 heteroatoms. The van der Waals surface area contributed by atoms with E-state index in [9.17, 15) is 14.7 Å². The van der Waals surface area contributed by atoms with E-state index in [0.29, 0.717) is 12.0 Å². The van der Waals surface area contributed by atoms with Gasteiger partial charge in [-0.25, -0.2) is 5.43 Å². The fourth-order valence-electron chi connectivity index (χ4n) is 1.50. The van der Waals surface area contributed by atoms with E-state index in [1.165, 1.54) is 29.7 Å². The monoisotopic (exact) mass is 287 g/mol. The van der Waals surface area contributed by atoms with E-state index in [-0.39, 0.29) is 11.5 Å². The van der Waals surface area contributed by atoms with Gasteiger partial charge in [0.2, 0.25) is 5.91 Å². The van der Waals surface area contributed by atoms with Gasteiger partial charge < -0.3 is 9.90 Å². The minimum Gasteiger partial charge on any atom is -0.545 e. The molecule has 0 atom stereocenters. The summed E-state index contributed by atoms with van der Waals surface area (Å²) in [6.45, 7) is 0. The van der Waals surface area contributed by atoms with Gasteiger partial charge in [0.15, 0.2) is 0 Å². The lowest BCUT2D eigenvalue weighted by Crippen LogP contribution is -2.22. The molecule has 0 aliphatic rings. The summed E-state index contributed by atoms with van der Waals surface area (Å²) in [5, 5.41) is 16.3. The second-order valence-electron chi connectivity index (χ2n) is 3.96. The van der Waals surface area contributed by atoms with Gasteiger partial charge in [-0.1, -0.05) is 30.3 Å². The second-order valence-corrected chi connectivity index (χ2v) is 4.99. The predicted molar refractivity (Wildman–Crippen MR) is 74.5 cm³/mol. The Balaban J connectivity index is 1.86. The van der Waals surface area contributed by atoms with Crippen molar-refractivity contribution in [1.82, 2.24) is 5.43 Å². The first kappa shape index (κ1) is 14.0.